The standard InChI is InChI=1S/C14H19ClN2O/c1-3-17(11-7-8-11)14(18)9-16-13-6-4-5-12(15)10(13)2/h4-6,11,16H,3,7-9H2,1-2H3. The Morgan fingerprint density at radius 1 is 1.50 bits per heavy atom. The molecular weight excluding hydrogens is 248 g/mol. The molecule has 1 aromatic rings. The van der Waals surface area contributed by atoms with E-state index in [1.54, 1.807) is 0 Å². The fraction of sp³-hybridized carbons (Fsp3) is 0.500. The number of hydrogen-bond donors (Lipinski definition) is 1. The van der Waals surface area contributed by atoms with Gasteiger partial charge in [0.2, 0.25) is 5.91 Å². The summed E-state index contributed by atoms with van der Waals surface area (Å²) < 4.78 is 0. The number of amides is 1. The van der Waals surface area contributed by atoms with Crippen molar-refractivity contribution in [3.8, 4) is 0 Å². The summed E-state index contributed by atoms with van der Waals surface area (Å²) in [6.07, 6.45) is 2.30. The summed E-state index contributed by atoms with van der Waals surface area (Å²) in [6, 6.07) is 6.17. The van der Waals surface area contributed by atoms with Crippen LogP contribution in [0.15, 0.2) is 18.2 Å². The van der Waals surface area contributed by atoms with Crippen LogP contribution < -0.4 is 5.32 Å². The molecular formula is C14H19ClN2O. The van der Waals surface area contributed by atoms with E-state index >= 15 is 0 Å². The Kier molecular flexibility index (Phi) is 4.12. The maximum atomic E-state index is 12.1. The number of halogens is 1. The van der Waals surface area contributed by atoms with Gasteiger partial charge in [0.15, 0.2) is 0 Å². The van der Waals surface area contributed by atoms with Crippen LogP contribution in [0.3, 0.4) is 0 Å². The van der Waals surface area contributed by atoms with E-state index in [2.05, 4.69) is 5.32 Å². The van der Waals surface area contributed by atoms with Gasteiger partial charge in [-0.15, -0.1) is 0 Å². The number of nitrogens with zero attached hydrogens (tertiary/aromatic N) is 1. The molecule has 1 aliphatic carbocycles. The van der Waals surface area contributed by atoms with E-state index in [1.807, 2.05) is 36.9 Å². The quantitative estimate of drug-likeness (QED) is 0.888. The second-order valence-electron chi connectivity index (χ2n) is 4.68. The Balaban J connectivity index is 1.94. The molecule has 1 saturated carbocycles. The highest BCUT2D eigenvalue weighted by atomic mass is 35.5. The molecule has 0 unspecified atom stereocenters. The Hall–Kier alpha value is -1.22. The number of hydrogen-bond acceptors (Lipinski definition) is 2. The fourth-order valence-corrected chi connectivity index (χ4v) is 2.27. The van der Waals surface area contributed by atoms with Gasteiger partial charge in [0.1, 0.15) is 0 Å². The second-order valence-corrected chi connectivity index (χ2v) is 5.08. The van der Waals surface area contributed by atoms with Crippen molar-refractivity contribution in [2.24, 2.45) is 0 Å². The van der Waals surface area contributed by atoms with E-state index in [1.165, 1.54) is 0 Å². The molecule has 4 heteroatoms. The molecule has 0 heterocycles. The van der Waals surface area contributed by atoms with Crippen LogP contribution in [-0.2, 0) is 4.79 Å². The molecule has 3 nitrogen and oxygen atoms in total. The monoisotopic (exact) mass is 266 g/mol. The lowest BCUT2D eigenvalue weighted by Gasteiger charge is -2.21. The molecule has 0 aromatic heterocycles. The lowest BCUT2D eigenvalue weighted by molar-refractivity contribution is -0.129. The summed E-state index contributed by atoms with van der Waals surface area (Å²) in [5, 5.41) is 3.90. The number of nitrogens with one attached hydrogen (secondary N) is 1. The van der Waals surface area contributed by atoms with Gasteiger partial charge in [-0.25, -0.2) is 0 Å². The molecule has 1 amide bonds. The van der Waals surface area contributed by atoms with Gasteiger partial charge in [-0.2, -0.15) is 0 Å². The van der Waals surface area contributed by atoms with Gasteiger partial charge in [-0.3, -0.25) is 4.79 Å². The van der Waals surface area contributed by atoms with Crippen molar-refractivity contribution in [2.75, 3.05) is 18.4 Å². The number of carbonyl (C=O) groups excluding carboxylic acids is 1. The van der Waals surface area contributed by atoms with E-state index in [9.17, 15) is 4.79 Å². The van der Waals surface area contributed by atoms with Crippen LogP contribution in [-0.4, -0.2) is 29.9 Å². The molecule has 98 valence electrons. The van der Waals surface area contributed by atoms with E-state index in [4.69, 9.17) is 11.6 Å². The predicted molar refractivity (Wildman–Crippen MR) is 75.1 cm³/mol. The minimum atomic E-state index is 0.166. The summed E-state index contributed by atoms with van der Waals surface area (Å²) in [6.45, 7) is 5.11. The van der Waals surface area contributed by atoms with E-state index < -0.39 is 0 Å². The maximum absolute atomic E-state index is 12.1. The van der Waals surface area contributed by atoms with Crippen LogP contribution in [0.1, 0.15) is 25.3 Å². The van der Waals surface area contributed by atoms with E-state index in [-0.39, 0.29) is 5.91 Å². The normalized spacial score (nSPS) is 14.4. The third-order valence-electron chi connectivity index (χ3n) is 3.35. The molecule has 1 N–H and O–H groups in total. The number of anilines is 1. The first kappa shape index (κ1) is 13.2. The SMILES string of the molecule is CCN(C(=O)CNc1cccc(Cl)c1C)C1CC1. The summed E-state index contributed by atoms with van der Waals surface area (Å²) >= 11 is 6.04. The van der Waals surface area contributed by atoms with Crippen molar-refractivity contribution in [1.82, 2.24) is 4.90 Å². The Morgan fingerprint density at radius 3 is 2.83 bits per heavy atom. The lowest BCUT2D eigenvalue weighted by Crippen LogP contribution is -2.37. The summed E-state index contributed by atoms with van der Waals surface area (Å²) in [5.41, 5.74) is 1.92. The van der Waals surface area contributed by atoms with Gasteiger partial charge in [0.05, 0.1) is 6.54 Å². The Morgan fingerprint density at radius 2 is 2.22 bits per heavy atom. The van der Waals surface area contributed by atoms with Gasteiger partial charge in [0, 0.05) is 23.3 Å². The zero-order valence-electron chi connectivity index (χ0n) is 10.9. The van der Waals surface area contributed by atoms with Gasteiger partial charge < -0.3 is 10.2 Å². The first-order chi connectivity index (χ1) is 8.63. The van der Waals surface area contributed by atoms with Crippen molar-refractivity contribution < 1.29 is 4.79 Å². The number of carbonyl (C=O) groups is 1. The van der Waals surface area contributed by atoms with Crippen LogP contribution in [0.2, 0.25) is 5.02 Å². The topological polar surface area (TPSA) is 32.3 Å². The lowest BCUT2D eigenvalue weighted by atomic mass is 10.2. The minimum Gasteiger partial charge on any atom is -0.376 e. The minimum absolute atomic E-state index is 0.166. The smallest absolute Gasteiger partial charge is 0.242 e. The summed E-state index contributed by atoms with van der Waals surface area (Å²) in [4.78, 5) is 14.0. The van der Waals surface area contributed by atoms with Crippen molar-refractivity contribution in [3.63, 3.8) is 0 Å². The van der Waals surface area contributed by atoms with Crippen LogP contribution in [0, 0.1) is 6.92 Å². The molecule has 0 atom stereocenters. The van der Waals surface area contributed by atoms with Crippen molar-refractivity contribution in [3.05, 3.63) is 28.8 Å². The fourth-order valence-electron chi connectivity index (χ4n) is 2.10. The molecule has 18 heavy (non-hydrogen) atoms. The first-order valence-corrected chi connectivity index (χ1v) is 6.79. The third kappa shape index (κ3) is 2.96. The highest BCUT2D eigenvalue weighted by Crippen LogP contribution is 2.27. The number of benzene rings is 1. The average Bonchev–Trinajstić information content (AvgIpc) is 3.16. The van der Waals surface area contributed by atoms with Crippen LogP contribution in [0.4, 0.5) is 5.69 Å². The largest absolute Gasteiger partial charge is 0.376 e. The summed E-state index contributed by atoms with van der Waals surface area (Å²) in [5.74, 6) is 0.166. The highest BCUT2D eigenvalue weighted by Gasteiger charge is 2.30. The summed E-state index contributed by atoms with van der Waals surface area (Å²) in [7, 11) is 0. The van der Waals surface area contributed by atoms with E-state index in [0.29, 0.717) is 12.6 Å². The van der Waals surface area contributed by atoms with Gasteiger partial charge >= 0.3 is 0 Å². The first-order valence-electron chi connectivity index (χ1n) is 6.42. The number of likely N-dealkylation sites (N-methyl/N-ethyl adjacent to an activating group) is 1. The second kappa shape index (κ2) is 5.61. The van der Waals surface area contributed by atoms with Crippen LogP contribution in [0.25, 0.3) is 0 Å². The van der Waals surface area contributed by atoms with Crippen molar-refractivity contribution in [1.29, 1.82) is 0 Å². The highest BCUT2D eigenvalue weighted by molar-refractivity contribution is 6.31. The Labute approximate surface area is 113 Å². The average molecular weight is 267 g/mol. The van der Waals surface area contributed by atoms with Gasteiger partial charge in [-0.05, 0) is 44.4 Å². The Bertz CT molecular complexity index is 443. The van der Waals surface area contributed by atoms with E-state index in [0.717, 1.165) is 35.7 Å². The molecule has 1 aliphatic rings. The molecule has 2 rings (SSSR count). The van der Waals surface area contributed by atoms with Gasteiger partial charge in [0.25, 0.3) is 0 Å². The zero-order valence-corrected chi connectivity index (χ0v) is 11.6. The molecule has 0 radical (unpaired) electrons. The molecule has 1 fully saturated rings. The molecule has 0 aliphatic heterocycles. The predicted octanol–water partition coefficient (Wildman–Crippen LogP) is 3.07. The number of rotatable bonds is 5. The van der Waals surface area contributed by atoms with Crippen LogP contribution in [0.5, 0.6) is 0 Å². The van der Waals surface area contributed by atoms with Crippen molar-refractivity contribution >= 4 is 23.2 Å². The molecule has 0 saturated heterocycles. The zero-order chi connectivity index (χ0) is 13.1. The molecule has 0 spiro atoms. The van der Waals surface area contributed by atoms with Crippen LogP contribution >= 0.6 is 11.6 Å². The van der Waals surface area contributed by atoms with Gasteiger partial charge in [-0.1, -0.05) is 17.7 Å². The van der Waals surface area contributed by atoms with Crippen molar-refractivity contribution in [2.45, 2.75) is 32.7 Å². The third-order valence-corrected chi connectivity index (χ3v) is 3.76. The molecule has 1 aromatic carbocycles. The maximum Gasteiger partial charge on any atom is 0.242 e. The molecule has 0 bridgehead atoms.